The first kappa shape index (κ1) is 16.8. The van der Waals surface area contributed by atoms with E-state index in [0.717, 1.165) is 17.9 Å². The van der Waals surface area contributed by atoms with Gasteiger partial charge in [0.25, 0.3) is 0 Å². The van der Waals surface area contributed by atoms with E-state index in [4.69, 9.17) is 0 Å². The van der Waals surface area contributed by atoms with Crippen LogP contribution in [0.15, 0.2) is 47.5 Å². The van der Waals surface area contributed by atoms with Gasteiger partial charge in [0.2, 0.25) is 5.03 Å². The van der Waals surface area contributed by atoms with Crippen molar-refractivity contribution in [3.05, 3.63) is 58.1 Å². The van der Waals surface area contributed by atoms with Crippen LogP contribution < -0.4 is 5.32 Å². The number of nitrogens with zero attached hydrogens (tertiary/aromatic N) is 2. The van der Waals surface area contributed by atoms with Gasteiger partial charge < -0.3 is 10.4 Å². The van der Waals surface area contributed by atoms with E-state index in [9.17, 15) is 23.6 Å². The summed E-state index contributed by atoms with van der Waals surface area (Å²) < 4.78 is 23.4. The number of benzene rings is 1. The summed E-state index contributed by atoms with van der Waals surface area (Å²) in [6, 6.07) is 10.9. The lowest BCUT2D eigenvalue weighted by atomic mass is 10.1. The molecule has 0 aliphatic carbocycles. The Morgan fingerprint density at radius 3 is 2.43 bits per heavy atom. The van der Waals surface area contributed by atoms with Gasteiger partial charge in [0.15, 0.2) is 9.84 Å². The molecular weight excluding hydrogens is 322 g/mol. The van der Waals surface area contributed by atoms with Crippen LogP contribution in [0.1, 0.15) is 11.6 Å². The predicted molar refractivity (Wildman–Crippen MR) is 83.9 cm³/mol. The van der Waals surface area contributed by atoms with E-state index in [1.807, 2.05) is 6.07 Å². The van der Waals surface area contributed by atoms with E-state index in [-0.39, 0.29) is 12.4 Å². The second-order valence-corrected chi connectivity index (χ2v) is 6.77. The molecule has 8 nitrogen and oxygen atoms in total. The molecule has 23 heavy (non-hydrogen) atoms. The van der Waals surface area contributed by atoms with Crippen molar-refractivity contribution in [3.8, 4) is 0 Å². The van der Waals surface area contributed by atoms with Crippen LogP contribution in [-0.4, -0.2) is 36.3 Å². The minimum atomic E-state index is -3.86. The third-order valence-corrected chi connectivity index (χ3v) is 4.10. The van der Waals surface area contributed by atoms with Crippen LogP contribution in [0.3, 0.4) is 0 Å². The van der Waals surface area contributed by atoms with E-state index < -0.39 is 31.5 Å². The van der Waals surface area contributed by atoms with Crippen molar-refractivity contribution in [1.82, 2.24) is 4.98 Å². The number of rotatable bonds is 6. The van der Waals surface area contributed by atoms with Crippen LogP contribution in [0, 0.1) is 10.1 Å². The summed E-state index contributed by atoms with van der Waals surface area (Å²) in [7, 11) is -3.86. The highest BCUT2D eigenvalue weighted by Crippen LogP contribution is 2.25. The quantitative estimate of drug-likeness (QED) is 0.605. The summed E-state index contributed by atoms with van der Waals surface area (Å²) in [5.74, 6) is 0.124. The summed E-state index contributed by atoms with van der Waals surface area (Å²) in [4.78, 5) is 13.9. The van der Waals surface area contributed by atoms with Gasteiger partial charge in [-0.25, -0.2) is 13.4 Å². The summed E-state index contributed by atoms with van der Waals surface area (Å²) in [5, 5.41) is 22.7. The van der Waals surface area contributed by atoms with Crippen LogP contribution in [-0.2, 0) is 9.84 Å². The van der Waals surface area contributed by atoms with Crippen LogP contribution in [0.2, 0.25) is 0 Å². The zero-order valence-electron chi connectivity index (χ0n) is 12.2. The highest BCUT2D eigenvalue weighted by atomic mass is 32.2. The first-order valence-electron chi connectivity index (χ1n) is 6.60. The third kappa shape index (κ3) is 4.02. The number of nitro groups is 1. The second-order valence-electron chi connectivity index (χ2n) is 4.84. The fraction of sp³-hybridized carbons (Fsp3) is 0.214. The summed E-state index contributed by atoms with van der Waals surface area (Å²) in [5.41, 5.74) is 0.189. The molecule has 122 valence electrons. The molecule has 2 N–H and O–H groups in total. The second kappa shape index (κ2) is 6.71. The van der Waals surface area contributed by atoms with Gasteiger partial charge in [0, 0.05) is 12.3 Å². The van der Waals surface area contributed by atoms with Crippen LogP contribution in [0.5, 0.6) is 0 Å². The molecule has 9 heteroatoms. The maximum atomic E-state index is 11.7. The van der Waals surface area contributed by atoms with Gasteiger partial charge in [-0.1, -0.05) is 30.3 Å². The van der Waals surface area contributed by atoms with E-state index in [1.54, 1.807) is 24.3 Å². The Morgan fingerprint density at radius 2 is 1.91 bits per heavy atom. The molecule has 1 unspecified atom stereocenters. The number of nitrogens with one attached hydrogen (secondary N) is 1. The maximum Gasteiger partial charge on any atom is 0.306 e. The normalized spacial score (nSPS) is 12.6. The van der Waals surface area contributed by atoms with Crippen molar-refractivity contribution in [1.29, 1.82) is 0 Å². The lowest BCUT2D eigenvalue weighted by molar-refractivity contribution is -0.388. The van der Waals surface area contributed by atoms with Crippen LogP contribution in [0.4, 0.5) is 11.5 Å². The van der Waals surface area contributed by atoms with Crippen LogP contribution >= 0.6 is 0 Å². The first-order chi connectivity index (χ1) is 10.8. The first-order valence-corrected chi connectivity index (χ1v) is 8.50. The van der Waals surface area contributed by atoms with Crippen molar-refractivity contribution >= 4 is 21.3 Å². The SMILES string of the molecule is CS(=O)(=O)c1nc(NC(CO)c2ccccc2)ccc1[N+](=O)[O-]. The molecular formula is C14H15N3O5S. The van der Waals surface area contributed by atoms with Crippen molar-refractivity contribution < 1.29 is 18.4 Å². The number of aliphatic hydroxyl groups is 1. The Bertz CT molecular complexity index is 808. The summed E-state index contributed by atoms with van der Waals surface area (Å²) in [6.07, 6.45) is 0.854. The van der Waals surface area contributed by atoms with Crippen molar-refractivity contribution in [3.63, 3.8) is 0 Å². The minimum Gasteiger partial charge on any atom is -0.394 e. The molecule has 2 aromatic rings. The van der Waals surface area contributed by atoms with E-state index in [1.165, 1.54) is 6.07 Å². The molecule has 1 aromatic heterocycles. The molecule has 1 atom stereocenters. The molecule has 0 radical (unpaired) electrons. The van der Waals surface area contributed by atoms with Crippen LogP contribution in [0.25, 0.3) is 0 Å². The number of pyridine rings is 1. The Balaban J connectivity index is 2.39. The number of sulfone groups is 1. The molecule has 0 fully saturated rings. The topological polar surface area (TPSA) is 122 Å². The molecule has 1 aromatic carbocycles. The predicted octanol–water partition coefficient (Wildman–Crippen LogP) is 1.54. The number of hydrogen-bond donors (Lipinski definition) is 2. The van der Waals surface area contributed by atoms with Gasteiger partial charge in [-0.05, 0) is 11.6 Å². The minimum absolute atomic E-state index is 0.124. The lowest BCUT2D eigenvalue weighted by Gasteiger charge is -2.17. The van der Waals surface area contributed by atoms with Gasteiger partial charge >= 0.3 is 5.69 Å². The summed E-state index contributed by atoms with van der Waals surface area (Å²) in [6.45, 7) is -0.253. The molecule has 0 aliphatic rings. The molecule has 0 aliphatic heterocycles. The Labute approximate surface area is 132 Å². The van der Waals surface area contributed by atoms with Crippen molar-refractivity contribution in [2.75, 3.05) is 18.2 Å². The average molecular weight is 337 g/mol. The van der Waals surface area contributed by atoms with E-state index in [2.05, 4.69) is 10.3 Å². The highest BCUT2D eigenvalue weighted by Gasteiger charge is 2.25. The zero-order valence-corrected chi connectivity index (χ0v) is 13.0. The van der Waals surface area contributed by atoms with E-state index >= 15 is 0 Å². The Kier molecular flexibility index (Phi) is 4.92. The zero-order chi connectivity index (χ0) is 17.0. The number of anilines is 1. The molecule has 0 spiro atoms. The number of aromatic nitrogens is 1. The smallest absolute Gasteiger partial charge is 0.306 e. The Morgan fingerprint density at radius 1 is 1.26 bits per heavy atom. The average Bonchev–Trinajstić information content (AvgIpc) is 2.52. The monoisotopic (exact) mass is 337 g/mol. The molecule has 0 bridgehead atoms. The molecule has 0 amide bonds. The van der Waals surface area contributed by atoms with Gasteiger partial charge in [0.05, 0.1) is 17.6 Å². The number of aliphatic hydroxyl groups excluding tert-OH is 1. The van der Waals surface area contributed by atoms with Crippen molar-refractivity contribution in [2.24, 2.45) is 0 Å². The van der Waals surface area contributed by atoms with Crippen molar-refractivity contribution in [2.45, 2.75) is 11.1 Å². The molecule has 0 saturated carbocycles. The fourth-order valence-corrected chi connectivity index (χ4v) is 2.81. The Hall–Kier alpha value is -2.52. The number of hydrogen-bond acceptors (Lipinski definition) is 7. The van der Waals surface area contributed by atoms with Gasteiger partial charge in [-0.2, -0.15) is 0 Å². The molecule has 2 rings (SSSR count). The van der Waals surface area contributed by atoms with Gasteiger partial charge in [-0.15, -0.1) is 0 Å². The summed E-state index contributed by atoms with van der Waals surface area (Å²) >= 11 is 0. The standard InChI is InChI=1S/C14H15N3O5S/c1-23(21,22)14-12(17(19)20)7-8-13(16-14)15-11(9-18)10-5-3-2-4-6-10/h2-8,11,18H,9H2,1H3,(H,15,16). The molecule has 0 saturated heterocycles. The largest absolute Gasteiger partial charge is 0.394 e. The highest BCUT2D eigenvalue weighted by molar-refractivity contribution is 7.90. The maximum absolute atomic E-state index is 11.7. The lowest BCUT2D eigenvalue weighted by Crippen LogP contribution is -2.16. The third-order valence-electron chi connectivity index (χ3n) is 3.09. The fourth-order valence-electron chi connectivity index (χ4n) is 2.02. The molecule has 1 heterocycles. The van der Waals surface area contributed by atoms with Gasteiger partial charge in [-0.3, -0.25) is 10.1 Å². The van der Waals surface area contributed by atoms with E-state index in [0.29, 0.717) is 0 Å². The van der Waals surface area contributed by atoms with Gasteiger partial charge in [0.1, 0.15) is 5.82 Å².